The quantitative estimate of drug-likeness (QED) is 0.706. The third-order valence-corrected chi connectivity index (χ3v) is 4.51. The molecule has 138 valence electrons. The minimum Gasteiger partial charge on any atom is -0.360 e. The number of aromatic nitrogens is 2. The average Bonchev–Trinajstić information content (AvgIpc) is 3.34. The number of carbonyl (C=O) groups excluding carboxylic acids is 2. The van der Waals surface area contributed by atoms with Gasteiger partial charge in [-0.15, -0.1) is 0 Å². The van der Waals surface area contributed by atoms with Crippen molar-refractivity contribution in [3.63, 3.8) is 0 Å². The number of nitrogens with zero attached hydrogens (tertiary/aromatic N) is 4. The molecule has 0 fully saturated rings. The van der Waals surface area contributed by atoms with Crippen LogP contribution in [0.1, 0.15) is 32.3 Å². The molecule has 2 aromatic heterocycles. The molecule has 1 aliphatic rings. The Labute approximate surface area is 155 Å². The van der Waals surface area contributed by atoms with Gasteiger partial charge in [-0.1, -0.05) is 40.6 Å². The predicted molar refractivity (Wildman–Crippen MR) is 94.9 cm³/mol. The number of amides is 2. The zero-order valence-corrected chi connectivity index (χ0v) is 15.0. The monoisotopic (exact) mass is 366 g/mol. The van der Waals surface area contributed by atoms with E-state index >= 15 is 0 Å². The van der Waals surface area contributed by atoms with Crippen LogP contribution in [0.2, 0.25) is 0 Å². The lowest BCUT2D eigenvalue weighted by Gasteiger charge is -2.25. The summed E-state index contributed by atoms with van der Waals surface area (Å²) < 4.78 is 10.6. The van der Waals surface area contributed by atoms with Gasteiger partial charge in [0.25, 0.3) is 11.8 Å². The Bertz CT molecular complexity index is 990. The van der Waals surface area contributed by atoms with Crippen LogP contribution in [0.4, 0.5) is 0 Å². The van der Waals surface area contributed by atoms with Crippen LogP contribution in [0.25, 0.3) is 11.3 Å². The second kappa shape index (κ2) is 6.71. The molecule has 0 unspecified atom stereocenters. The molecule has 0 atom stereocenters. The first-order valence-electron chi connectivity index (χ1n) is 8.55. The van der Waals surface area contributed by atoms with Crippen LogP contribution in [-0.2, 0) is 13.0 Å². The van der Waals surface area contributed by atoms with Crippen molar-refractivity contribution in [1.82, 2.24) is 20.1 Å². The summed E-state index contributed by atoms with van der Waals surface area (Å²) in [5.41, 5.74) is 1.98. The van der Waals surface area contributed by atoms with Crippen molar-refractivity contribution >= 4 is 11.8 Å². The van der Waals surface area contributed by atoms with Gasteiger partial charge < -0.3 is 18.8 Å². The highest BCUT2D eigenvalue weighted by molar-refractivity contribution is 5.95. The molecule has 0 saturated carbocycles. The highest BCUT2D eigenvalue weighted by Gasteiger charge is 2.31. The van der Waals surface area contributed by atoms with Gasteiger partial charge in [-0.25, -0.2) is 0 Å². The van der Waals surface area contributed by atoms with Gasteiger partial charge in [-0.05, 0) is 0 Å². The smallest absolute Gasteiger partial charge is 0.276 e. The number of fused-ring (bicyclic) bond motifs is 1. The van der Waals surface area contributed by atoms with Crippen molar-refractivity contribution in [3.05, 3.63) is 59.1 Å². The first kappa shape index (κ1) is 17.0. The van der Waals surface area contributed by atoms with Gasteiger partial charge in [0.15, 0.2) is 17.1 Å². The van der Waals surface area contributed by atoms with Gasteiger partial charge in [0, 0.05) is 44.3 Å². The summed E-state index contributed by atoms with van der Waals surface area (Å²) >= 11 is 0. The Kier molecular flexibility index (Phi) is 4.23. The maximum Gasteiger partial charge on any atom is 0.276 e. The number of carbonyl (C=O) groups is 2. The Hall–Kier alpha value is -3.42. The summed E-state index contributed by atoms with van der Waals surface area (Å²) in [4.78, 5) is 28.2. The van der Waals surface area contributed by atoms with Gasteiger partial charge in [0.2, 0.25) is 0 Å². The normalized spacial score (nSPS) is 13.3. The molecule has 27 heavy (non-hydrogen) atoms. The lowest BCUT2D eigenvalue weighted by Crippen LogP contribution is -2.36. The SMILES string of the molecule is CN(C)C(=O)c1noc2c1CN(C(=O)c1cc(-c3ccccc3)on1)CC2. The van der Waals surface area contributed by atoms with Gasteiger partial charge in [0.1, 0.15) is 5.76 Å². The van der Waals surface area contributed by atoms with E-state index in [-0.39, 0.29) is 29.7 Å². The summed E-state index contributed by atoms with van der Waals surface area (Å²) in [5.74, 6) is 0.678. The summed E-state index contributed by atoms with van der Waals surface area (Å²) in [5, 5.41) is 7.81. The van der Waals surface area contributed by atoms with Gasteiger partial charge >= 0.3 is 0 Å². The molecule has 0 bridgehead atoms. The molecule has 3 heterocycles. The van der Waals surface area contributed by atoms with E-state index in [0.717, 1.165) is 5.56 Å². The maximum absolute atomic E-state index is 12.8. The first-order chi connectivity index (χ1) is 13.0. The van der Waals surface area contributed by atoms with E-state index in [1.807, 2.05) is 30.3 Å². The van der Waals surface area contributed by atoms with Gasteiger partial charge in [-0.2, -0.15) is 0 Å². The third-order valence-electron chi connectivity index (χ3n) is 4.51. The fourth-order valence-corrected chi connectivity index (χ4v) is 3.04. The molecule has 0 saturated heterocycles. The lowest BCUT2D eigenvalue weighted by molar-refractivity contribution is 0.0713. The molecule has 4 rings (SSSR count). The Balaban J connectivity index is 1.56. The fourth-order valence-electron chi connectivity index (χ4n) is 3.04. The van der Waals surface area contributed by atoms with E-state index in [2.05, 4.69) is 10.3 Å². The summed E-state index contributed by atoms with van der Waals surface area (Å²) in [7, 11) is 3.30. The number of hydrogen-bond donors (Lipinski definition) is 0. The largest absolute Gasteiger partial charge is 0.360 e. The second-order valence-corrected chi connectivity index (χ2v) is 6.55. The number of rotatable bonds is 3. The van der Waals surface area contributed by atoms with Crippen LogP contribution >= 0.6 is 0 Å². The lowest BCUT2D eigenvalue weighted by atomic mass is 10.0. The summed E-state index contributed by atoms with van der Waals surface area (Å²) in [6.45, 7) is 0.713. The molecule has 0 N–H and O–H groups in total. The van der Waals surface area contributed by atoms with Gasteiger partial charge in [-0.3, -0.25) is 9.59 Å². The van der Waals surface area contributed by atoms with Crippen LogP contribution in [0.3, 0.4) is 0 Å². The van der Waals surface area contributed by atoms with Crippen LogP contribution in [0.15, 0.2) is 45.4 Å². The van der Waals surface area contributed by atoms with Crippen LogP contribution in [-0.4, -0.2) is 52.6 Å². The zero-order valence-electron chi connectivity index (χ0n) is 15.0. The summed E-state index contributed by atoms with van der Waals surface area (Å²) in [6, 6.07) is 11.1. The highest BCUT2D eigenvalue weighted by atomic mass is 16.5. The molecular formula is C19H18N4O4. The highest BCUT2D eigenvalue weighted by Crippen LogP contribution is 2.26. The molecule has 0 aliphatic carbocycles. The Morgan fingerprint density at radius 3 is 2.63 bits per heavy atom. The van der Waals surface area contributed by atoms with Crippen molar-refractivity contribution in [2.24, 2.45) is 0 Å². The van der Waals surface area contributed by atoms with Crippen molar-refractivity contribution in [2.75, 3.05) is 20.6 Å². The molecule has 1 aliphatic heterocycles. The van der Waals surface area contributed by atoms with Crippen LogP contribution in [0, 0.1) is 0 Å². The second-order valence-electron chi connectivity index (χ2n) is 6.55. The maximum atomic E-state index is 12.8. The summed E-state index contributed by atoms with van der Waals surface area (Å²) in [6.07, 6.45) is 0.498. The average molecular weight is 366 g/mol. The van der Waals surface area contributed by atoms with E-state index in [1.54, 1.807) is 25.1 Å². The van der Waals surface area contributed by atoms with Crippen molar-refractivity contribution in [1.29, 1.82) is 0 Å². The van der Waals surface area contributed by atoms with E-state index in [9.17, 15) is 9.59 Å². The fraction of sp³-hybridized carbons (Fsp3) is 0.263. The molecule has 0 radical (unpaired) electrons. The molecular weight excluding hydrogens is 348 g/mol. The molecule has 0 spiro atoms. The number of hydrogen-bond acceptors (Lipinski definition) is 6. The topological polar surface area (TPSA) is 92.7 Å². The van der Waals surface area contributed by atoms with E-state index in [4.69, 9.17) is 9.05 Å². The van der Waals surface area contributed by atoms with E-state index in [0.29, 0.717) is 30.0 Å². The molecule has 3 aromatic rings. The van der Waals surface area contributed by atoms with E-state index < -0.39 is 0 Å². The molecule has 1 aromatic carbocycles. The Morgan fingerprint density at radius 2 is 1.89 bits per heavy atom. The minimum absolute atomic E-state index is 0.231. The number of benzene rings is 1. The predicted octanol–water partition coefficient (Wildman–Crippen LogP) is 2.23. The van der Waals surface area contributed by atoms with Gasteiger partial charge in [0.05, 0.1) is 6.54 Å². The van der Waals surface area contributed by atoms with Crippen molar-refractivity contribution in [3.8, 4) is 11.3 Å². The molecule has 2 amide bonds. The first-order valence-corrected chi connectivity index (χ1v) is 8.55. The zero-order chi connectivity index (χ0) is 19.0. The van der Waals surface area contributed by atoms with Crippen molar-refractivity contribution < 1.29 is 18.6 Å². The van der Waals surface area contributed by atoms with Crippen LogP contribution < -0.4 is 0 Å². The minimum atomic E-state index is -0.254. The molecule has 8 nitrogen and oxygen atoms in total. The molecule has 8 heteroatoms. The van der Waals surface area contributed by atoms with Crippen molar-refractivity contribution in [2.45, 2.75) is 13.0 Å². The third kappa shape index (κ3) is 3.10. The standard InChI is InChI=1S/C19H18N4O4/c1-22(2)19(25)17-13-11-23(9-8-15(13)26-21-17)18(24)14-10-16(27-20-14)12-6-4-3-5-7-12/h3-7,10H,8-9,11H2,1-2H3. The van der Waals surface area contributed by atoms with E-state index in [1.165, 1.54) is 4.90 Å². The Morgan fingerprint density at radius 1 is 1.11 bits per heavy atom. The van der Waals surface area contributed by atoms with Crippen LogP contribution in [0.5, 0.6) is 0 Å².